The third-order valence-corrected chi connectivity index (χ3v) is 5.30. The Bertz CT molecular complexity index is 899. The SMILES string of the molecule is COC(=NSN(C)C(=O)Oc1cccc2c1OC(C)(C)C2)C(C)c1ccccc1. The van der Waals surface area contributed by atoms with Gasteiger partial charge in [-0.05, 0) is 32.4 Å². The van der Waals surface area contributed by atoms with Crippen molar-refractivity contribution in [2.24, 2.45) is 4.40 Å². The molecule has 154 valence electrons. The molecule has 0 saturated heterocycles. The van der Waals surface area contributed by atoms with Gasteiger partial charge in [0.15, 0.2) is 11.5 Å². The van der Waals surface area contributed by atoms with Crippen LogP contribution in [-0.2, 0) is 11.2 Å². The van der Waals surface area contributed by atoms with Crippen molar-refractivity contribution >= 4 is 24.1 Å². The second-order valence-electron chi connectivity index (χ2n) is 7.50. The number of ether oxygens (including phenoxy) is 3. The van der Waals surface area contributed by atoms with Crippen molar-refractivity contribution in [1.82, 2.24) is 4.31 Å². The first-order chi connectivity index (χ1) is 13.8. The maximum atomic E-state index is 12.5. The standard InChI is InChI=1S/C22H26N2O4S/c1-15(16-10-7-6-8-11-16)20(26-5)23-29-24(4)21(25)27-18-13-9-12-17-14-22(2,3)28-19(17)18/h6-13,15H,14H2,1-5H3. The average Bonchev–Trinajstić information content (AvgIpc) is 3.03. The first-order valence-electron chi connectivity index (χ1n) is 9.41. The van der Waals surface area contributed by atoms with Crippen LogP contribution >= 0.6 is 12.1 Å². The number of carbonyl (C=O) groups is 1. The lowest BCUT2D eigenvalue weighted by atomic mass is 10.0. The molecular formula is C22H26N2O4S. The van der Waals surface area contributed by atoms with Crippen molar-refractivity contribution in [2.45, 2.75) is 38.7 Å². The van der Waals surface area contributed by atoms with Crippen LogP contribution in [-0.4, -0.2) is 36.1 Å². The number of fused-ring (bicyclic) bond motifs is 1. The van der Waals surface area contributed by atoms with Gasteiger partial charge in [-0.3, -0.25) is 0 Å². The molecule has 0 saturated carbocycles. The van der Waals surface area contributed by atoms with E-state index in [0.29, 0.717) is 17.4 Å². The number of methoxy groups -OCH3 is 1. The predicted molar refractivity (Wildman–Crippen MR) is 116 cm³/mol. The van der Waals surface area contributed by atoms with Gasteiger partial charge in [0.25, 0.3) is 0 Å². The summed E-state index contributed by atoms with van der Waals surface area (Å²) in [6, 6.07) is 15.5. The van der Waals surface area contributed by atoms with Gasteiger partial charge in [-0.25, -0.2) is 9.10 Å². The van der Waals surface area contributed by atoms with Crippen molar-refractivity contribution in [1.29, 1.82) is 0 Å². The molecule has 7 heteroatoms. The van der Waals surface area contributed by atoms with Crippen LogP contribution in [0.25, 0.3) is 0 Å². The molecule has 3 rings (SSSR count). The Morgan fingerprint density at radius 3 is 2.62 bits per heavy atom. The van der Waals surface area contributed by atoms with Crippen LogP contribution in [0, 0.1) is 0 Å². The molecule has 2 aromatic rings. The molecule has 0 aromatic heterocycles. The molecule has 0 aliphatic carbocycles. The monoisotopic (exact) mass is 414 g/mol. The fourth-order valence-electron chi connectivity index (χ4n) is 3.14. The topological polar surface area (TPSA) is 60.4 Å². The van der Waals surface area contributed by atoms with Gasteiger partial charge in [0.05, 0.1) is 13.0 Å². The molecule has 1 unspecified atom stereocenters. The minimum Gasteiger partial charge on any atom is -0.483 e. The van der Waals surface area contributed by atoms with Gasteiger partial charge in [0.2, 0.25) is 5.90 Å². The normalized spacial score (nSPS) is 15.8. The summed E-state index contributed by atoms with van der Waals surface area (Å²) in [5.74, 6) is 1.53. The van der Waals surface area contributed by atoms with Crippen LogP contribution in [0.2, 0.25) is 0 Å². The Morgan fingerprint density at radius 1 is 1.21 bits per heavy atom. The van der Waals surface area contributed by atoms with Crippen molar-refractivity contribution in [3.8, 4) is 11.5 Å². The summed E-state index contributed by atoms with van der Waals surface area (Å²) in [5, 5.41) is 0. The Morgan fingerprint density at radius 2 is 1.93 bits per heavy atom. The zero-order valence-electron chi connectivity index (χ0n) is 17.3. The van der Waals surface area contributed by atoms with E-state index in [-0.39, 0.29) is 11.5 Å². The summed E-state index contributed by atoms with van der Waals surface area (Å²) in [6.07, 6.45) is 0.236. The molecular weight excluding hydrogens is 388 g/mol. The van der Waals surface area contributed by atoms with Crippen molar-refractivity contribution in [3.63, 3.8) is 0 Å². The molecule has 0 spiro atoms. The minimum absolute atomic E-state index is 0.0360. The maximum absolute atomic E-state index is 12.5. The highest BCUT2D eigenvalue weighted by molar-refractivity contribution is 7.96. The Hall–Kier alpha value is -2.67. The summed E-state index contributed by atoms with van der Waals surface area (Å²) in [5.41, 5.74) is 1.81. The minimum atomic E-state index is -0.539. The number of carbonyl (C=O) groups excluding carboxylic acids is 1. The highest BCUT2D eigenvalue weighted by Gasteiger charge is 2.33. The molecule has 0 N–H and O–H groups in total. The number of hydrogen-bond acceptors (Lipinski definition) is 6. The molecule has 1 aliphatic rings. The van der Waals surface area contributed by atoms with E-state index in [4.69, 9.17) is 14.2 Å². The van der Waals surface area contributed by atoms with E-state index in [9.17, 15) is 4.79 Å². The fraction of sp³-hybridized carbons (Fsp3) is 0.364. The van der Waals surface area contributed by atoms with E-state index in [0.717, 1.165) is 29.7 Å². The van der Waals surface area contributed by atoms with Gasteiger partial charge in [0, 0.05) is 19.0 Å². The molecule has 0 bridgehead atoms. The van der Waals surface area contributed by atoms with E-state index >= 15 is 0 Å². The lowest BCUT2D eigenvalue weighted by Gasteiger charge is -2.19. The second kappa shape index (κ2) is 8.78. The fourth-order valence-corrected chi connectivity index (χ4v) is 3.68. The number of benzene rings is 2. The summed E-state index contributed by atoms with van der Waals surface area (Å²) in [6.45, 7) is 6.02. The summed E-state index contributed by atoms with van der Waals surface area (Å²) < 4.78 is 22.6. The Balaban J connectivity index is 1.66. The number of hydrogen-bond donors (Lipinski definition) is 0. The molecule has 1 amide bonds. The maximum Gasteiger partial charge on any atom is 0.426 e. The van der Waals surface area contributed by atoms with Crippen LogP contribution in [0.1, 0.15) is 37.8 Å². The first-order valence-corrected chi connectivity index (χ1v) is 10.1. The summed E-state index contributed by atoms with van der Waals surface area (Å²) in [7, 11) is 3.18. The molecule has 2 aromatic carbocycles. The first kappa shape index (κ1) is 21.0. The number of rotatable bonds is 5. The highest BCUT2D eigenvalue weighted by Crippen LogP contribution is 2.42. The van der Waals surface area contributed by atoms with Crippen LogP contribution < -0.4 is 9.47 Å². The third-order valence-electron chi connectivity index (χ3n) is 4.64. The summed E-state index contributed by atoms with van der Waals surface area (Å²) >= 11 is 0.973. The van der Waals surface area contributed by atoms with Crippen LogP contribution in [0.4, 0.5) is 4.79 Å². The number of nitrogens with zero attached hydrogens (tertiary/aromatic N) is 2. The second-order valence-corrected chi connectivity index (χ2v) is 8.39. The zero-order chi connectivity index (χ0) is 21.0. The van der Waals surface area contributed by atoms with Gasteiger partial charge in [-0.1, -0.05) is 42.5 Å². The number of para-hydroxylation sites is 1. The van der Waals surface area contributed by atoms with Gasteiger partial charge >= 0.3 is 6.09 Å². The molecule has 1 aliphatic heterocycles. The molecule has 1 atom stereocenters. The van der Waals surface area contributed by atoms with Gasteiger partial charge in [0.1, 0.15) is 17.7 Å². The average molecular weight is 415 g/mol. The molecule has 29 heavy (non-hydrogen) atoms. The Labute approximate surface area is 176 Å². The van der Waals surface area contributed by atoms with Crippen molar-refractivity contribution in [3.05, 3.63) is 59.7 Å². The lowest BCUT2D eigenvalue weighted by molar-refractivity contribution is 0.132. The van der Waals surface area contributed by atoms with E-state index in [1.54, 1.807) is 20.2 Å². The van der Waals surface area contributed by atoms with Crippen LogP contribution in [0.15, 0.2) is 52.9 Å². The zero-order valence-corrected chi connectivity index (χ0v) is 18.2. The smallest absolute Gasteiger partial charge is 0.426 e. The van der Waals surface area contributed by atoms with Crippen molar-refractivity contribution < 1.29 is 19.0 Å². The van der Waals surface area contributed by atoms with E-state index in [1.807, 2.05) is 63.2 Å². The van der Waals surface area contributed by atoms with E-state index in [1.165, 1.54) is 4.31 Å². The third kappa shape index (κ3) is 5.03. The van der Waals surface area contributed by atoms with E-state index in [2.05, 4.69) is 4.40 Å². The van der Waals surface area contributed by atoms with Gasteiger partial charge in [-0.2, -0.15) is 4.40 Å². The molecule has 6 nitrogen and oxygen atoms in total. The molecule has 0 radical (unpaired) electrons. The Kier molecular flexibility index (Phi) is 6.37. The van der Waals surface area contributed by atoms with Crippen molar-refractivity contribution in [2.75, 3.05) is 14.2 Å². The highest BCUT2D eigenvalue weighted by atomic mass is 32.2. The van der Waals surface area contributed by atoms with Crippen LogP contribution in [0.3, 0.4) is 0 Å². The molecule has 1 heterocycles. The quantitative estimate of drug-likeness (QED) is 0.380. The lowest BCUT2D eigenvalue weighted by Crippen LogP contribution is -2.25. The van der Waals surface area contributed by atoms with Gasteiger partial charge in [-0.15, -0.1) is 0 Å². The van der Waals surface area contributed by atoms with Gasteiger partial charge < -0.3 is 14.2 Å². The van der Waals surface area contributed by atoms with Crippen LogP contribution in [0.5, 0.6) is 11.5 Å². The van der Waals surface area contributed by atoms with E-state index < -0.39 is 6.09 Å². The largest absolute Gasteiger partial charge is 0.483 e. The predicted octanol–water partition coefficient (Wildman–Crippen LogP) is 5.24. The molecule has 0 fully saturated rings. The summed E-state index contributed by atoms with van der Waals surface area (Å²) in [4.78, 5) is 12.5. The number of amides is 1.